The van der Waals surface area contributed by atoms with Crippen LogP contribution in [0.2, 0.25) is 0 Å². The quantitative estimate of drug-likeness (QED) is 0.585. The minimum Gasteiger partial charge on any atom is -0.376 e. The number of rotatable bonds is 5. The molecule has 1 unspecified atom stereocenters. The lowest BCUT2D eigenvalue weighted by molar-refractivity contribution is -0.0394. The lowest BCUT2D eigenvalue weighted by Gasteiger charge is -2.37. The maximum absolute atomic E-state index is 5.89. The van der Waals surface area contributed by atoms with Crippen molar-refractivity contribution in [3.05, 3.63) is 0 Å². The fourth-order valence-corrected chi connectivity index (χ4v) is 2.34. The normalized spacial score (nSPS) is 31.1. The van der Waals surface area contributed by atoms with Crippen molar-refractivity contribution in [2.75, 3.05) is 13.7 Å². The van der Waals surface area contributed by atoms with Gasteiger partial charge in [0.25, 0.3) is 0 Å². The predicted octanol–water partition coefficient (Wildman–Crippen LogP) is 2.28. The van der Waals surface area contributed by atoms with Gasteiger partial charge in [0, 0.05) is 13.2 Å². The molecule has 1 aliphatic rings. The fourth-order valence-electron chi connectivity index (χ4n) is 2.34. The Hall–Kier alpha value is -0.770. The third-order valence-electron chi connectivity index (χ3n) is 4.16. The predicted molar refractivity (Wildman–Crippen MR) is 76.8 cm³/mol. The van der Waals surface area contributed by atoms with Crippen molar-refractivity contribution in [2.24, 2.45) is 16.6 Å². The molecule has 0 amide bonds. The Morgan fingerprint density at radius 2 is 2.11 bits per heavy atom. The molecule has 0 aromatic carbocycles. The van der Waals surface area contributed by atoms with Crippen LogP contribution < -0.4 is 11.1 Å². The van der Waals surface area contributed by atoms with Gasteiger partial charge < -0.3 is 15.8 Å². The van der Waals surface area contributed by atoms with E-state index in [1.807, 2.05) is 0 Å². The highest BCUT2D eigenvalue weighted by molar-refractivity contribution is 5.78. The molecule has 0 aromatic heterocycles. The van der Waals surface area contributed by atoms with Crippen LogP contribution in [-0.4, -0.2) is 31.3 Å². The molecule has 1 saturated carbocycles. The average molecular weight is 255 g/mol. The van der Waals surface area contributed by atoms with Crippen molar-refractivity contribution >= 4 is 5.96 Å². The van der Waals surface area contributed by atoms with Gasteiger partial charge in [0.05, 0.1) is 12.1 Å². The van der Waals surface area contributed by atoms with Crippen molar-refractivity contribution < 1.29 is 4.74 Å². The van der Waals surface area contributed by atoms with Crippen LogP contribution in [0, 0.1) is 5.92 Å². The third kappa shape index (κ3) is 4.48. The van der Waals surface area contributed by atoms with Gasteiger partial charge in [-0.2, -0.15) is 0 Å². The fraction of sp³-hybridized carbons (Fsp3) is 0.929. The van der Waals surface area contributed by atoms with E-state index in [9.17, 15) is 0 Å². The Kier molecular flexibility index (Phi) is 5.93. The van der Waals surface area contributed by atoms with Gasteiger partial charge in [-0.05, 0) is 44.9 Å². The zero-order valence-corrected chi connectivity index (χ0v) is 12.3. The van der Waals surface area contributed by atoms with Crippen LogP contribution in [0.3, 0.4) is 0 Å². The summed E-state index contributed by atoms with van der Waals surface area (Å²) in [6.45, 7) is 7.22. The van der Waals surface area contributed by atoms with Crippen molar-refractivity contribution in [1.29, 1.82) is 0 Å². The Morgan fingerprint density at radius 1 is 1.50 bits per heavy atom. The lowest BCUT2D eigenvalue weighted by atomic mass is 9.79. The van der Waals surface area contributed by atoms with Gasteiger partial charge in [0.1, 0.15) is 0 Å². The molecule has 0 saturated heterocycles. The van der Waals surface area contributed by atoms with E-state index in [2.05, 4.69) is 31.1 Å². The Labute approximate surface area is 111 Å². The largest absolute Gasteiger partial charge is 0.376 e. The lowest BCUT2D eigenvalue weighted by Crippen LogP contribution is -2.42. The highest BCUT2D eigenvalue weighted by Gasteiger charge is 2.33. The van der Waals surface area contributed by atoms with Gasteiger partial charge in [0.15, 0.2) is 5.96 Å². The molecule has 0 aromatic rings. The SMILES string of the molecule is CCC(C)NC(N)=NCC1(OC)CCC(C)CC1. The number of nitrogens with zero attached hydrogens (tertiary/aromatic N) is 1. The Morgan fingerprint density at radius 3 is 2.61 bits per heavy atom. The average Bonchev–Trinajstić information content (AvgIpc) is 2.38. The zero-order valence-electron chi connectivity index (χ0n) is 12.3. The molecule has 4 nitrogen and oxygen atoms in total. The maximum atomic E-state index is 5.89. The monoisotopic (exact) mass is 255 g/mol. The van der Waals surface area contributed by atoms with Crippen molar-refractivity contribution in [2.45, 2.75) is 64.5 Å². The number of nitrogens with one attached hydrogen (secondary N) is 1. The number of nitrogens with two attached hydrogens (primary N) is 1. The summed E-state index contributed by atoms with van der Waals surface area (Å²) in [7, 11) is 1.80. The zero-order chi connectivity index (χ0) is 13.6. The molecule has 18 heavy (non-hydrogen) atoms. The Balaban J connectivity index is 2.50. The topological polar surface area (TPSA) is 59.6 Å². The first kappa shape index (κ1) is 15.3. The van der Waals surface area contributed by atoms with E-state index in [1.54, 1.807) is 7.11 Å². The minimum absolute atomic E-state index is 0.0890. The number of guanidine groups is 1. The maximum Gasteiger partial charge on any atom is 0.188 e. The summed E-state index contributed by atoms with van der Waals surface area (Å²) >= 11 is 0. The van der Waals surface area contributed by atoms with Crippen LogP contribution in [0.4, 0.5) is 0 Å². The van der Waals surface area contributed by atoms with Crippen LogP contribution in [0.1, 0.15) is 52.9 Å². The summed E-state index contributed by atoms with van der Waals surface area (Å²) in [5, 5.41) is 3.19. The van der Waals surface area contributed by atoms with Gasteiger partial charge >= 0.3 is 0 Å². The molecular formula is C14H29N3O. The van der Waals surface area contributed by atoms with Gasteiger partial charge in [-0.1, -0.05) is 13.8 Å². The van der Waals surface area contributed by atoms with Crippen LogP contribution >= 0.6 is 0 Å². The van der Waals surface area contributed by atoms with Gasteiger partial charge in [0.2, 0.25) is 0 Å². The molecule has 1 fully saturated rings. The second-order valence-electron chi connectivity index (χ2n) is 5.72. The van der Waals surface area contributed by atoms with Crippen LogP contribution in [0.15, 0.2) is 4.99 Å². The molecule has 0 spiro atoms. The van der Waals surface area contributed by atoms with Crippen LogP contribution in [-0.2, 0) is 4.74 Å². The molecule has 0 bridgehead atoms. The number of methoxy groups -OCH3 is 1. The van der Waals surface area contributed by atoms with Gasteiger partial charge in [-0.25, -0.2) is 0 Å². The second-order valence-corrected chi connectivity index (χ2v) is 5.72. The Bertz CT molecular complexity index is 270. The van der Waals surface area contributed by atoms with Gasteiger partial charge in [-0.15, -0.1) is 0 Å². The van der Waals surface area contributed by atoms with E-state index in [-0.39, 0.29) is 5.60 Å². The minimum atomic E-state index is -0.0890. The van der Waals surface area contributed by atoms with Gasteiger partial charge in [-0.3, -0.25) is 4.99 Å². The molecule has 106 valence electrons. The highest BCUT2D eigenvalue weighted by atomic mass is 16.5. The first-order valence-electron chi connectivity index (χ1n) is 7.13. The van der Waals surface area contributed by atoms with Crippen LogP contribution in [0.25, 0.3) is 0 Å². The molecule has 3 N–H and O–H groups in total. The van der Waals surface area contributed by atoms with E-state index in [0.717, 1.165) is 25.2 Å². The molecular weight excluding hydrogens is 226 g/mol. The molecule has 1 aliphatic carbocycles. The summed E-state index contributed by atoms with van der Waals surface area (Å²) in [5.41, 5.74) is 5.80. The molecule has 0 radical (unpaired) electrons. The summed E-state index contributed by atoms with van der Waals surface area (Å²) in [5.74, 6) is 1.35. The van der Waals surface area contributed by atoms with E-state index in [0.29, 0.717) is 18.5 Å². The number of hydrogen-bond acceptors (Lipinski definition) is 2. The first-order chi connectivity index (χ1) is 8.51. The number of hydrogen-bond donors (Lipinski definition) is 2. The third-order valence-corrected chi connectivity index (χ3v) is 4.16. The highest BCUT2D eigenvalue weighted by Crippen LogP contribution is 2.34. The second kappa shape index (κ2) is 6.98. The standard InChI is InChI=1S/C14H29N3O/c1-5-12(3)17-13(15)16-10-14(18-4)8-6-11(2)7-9-14/h11-12H,5-10H2,1-4H3,(H3,15,16,17). The first-order valence-corrected chi connectivity index (χ1v) is 7.13. The number of aliphatic imine (C=N–C) groups is 1. The van der Waals surface area contributed by atoms with E-state index in [1.165, 1.54) is 12.8 Å². The van der Waals surface area contributed by atoms with E-state index < -0.39 is 0 Å². The molecule has 0 heterocycles. The molecule has 0 aliphatic heterocycles. The summed E-state index contributed by atoms with van der Waals surface area (Å²) in [6, 6.07) is 0.374. The smallest absolute Gasteiger partial charge is 0.188 e. The molecule has 4 heteroatoms. The summed E-state index contributed by atoms with van der Waals surface area (Å²) in [6.07, 6.45) is 5.67. The van der Waals surface area contributed by atoms with Crippen molar-refractivity contribution in [1.82, 2.24) is 5.32 Å². The van der Waals surface area contributed by atoms with Crippen molar-refractivity contribution in [3.63, 3.8) is 0 Å². The van der Waals surface area contributed by atoms with Crippen LogP contribution in [0.5, 0.6) is 0 Å². The molecule has 1 atom stereocenters. The van der Waals surface area contributed by atoms with E-state index in [4.69, 9.17) is 10.5 Å². The summed E-state index contributed by atoms with van der Waals surface area (Å²) < 4.78 is 5.72. The molecule has 1 rings (SSSR count). The number of ether oxygens (including phenoxy) is 1. The van der Waals surface area contributed by atoms with Crippen molar-refractivity contribution in [3.8, 4) is 0 Å². The summed E-state index contributed by atoms with van der Waals surface area (Å²) in [4.78, 5) is 4.46. The van der Waals surface area contributed by atoms with E-state index >= 15 is 0 Å².